The van der Waals surface area contributed by atoms with E-state index in [9.17, 15) is 19.5 Å². The van der Waals surface area contributed by atoms with E-state index in [0.29, 0.717) is 25.7 Å². The number of aliphatic hydroxyl groups is 1. The van der Waals surface area contributed by atoms with Crippen LogP contribution in [0.2, 0.25) is 0 Å². The summed E-state index contributed by atoms with van der Waals surface area (Å²) in [6.07, 6.45) is 7.61. The number of benzene rings is 1. The van der Waals surface area contributed by atoms with Crippen molar-refractivity contribution in [2.24, 2.45) is 17.8 Å². The summed E-state index contributed by atoms with van der Waals surface area (Å²) in [4.78, 5) is 46.4. The van der Waals surface area contributed by atoms with E-state index in [1.165, 1.54) is 0 Å². The van der Waals surface area contributed by atoms with Gasteiger partial charge >= 0.3 is 5.97 Å². The first-order valence-corrected chi connectivity index (χ1v) is 15.4. The van der Waals surface area contributed by atoms with Crippen LogP contribution in [0.5, 0.6) is 0 Å². The molecule has 2 bridgehead atoms. The third-order valence-corrected chi connectivity index (χ3v) is 9.88. The summed E-state index contributed by atoms with van der Waals surface area (Å²) in [7, 11) is 0. The van der Waals surface area contributed by atoms with Crippen molar-refractivity contribution in [2.45, 2.75) is 96.4 Å². The first-order valence-electron chi connectivity index (χ1n) is 15.4. The van der Waals surface area contributed by atoms with Gasteiger partial charge in [0.25, 0.3) is 5.91 Å². The Morgan fingerprint density at radius 3 is 2.50 bits per heavy atom. The molecule has 1 aromatic rings. The predicted molar refractivity (Wildman–Crippen MR) is 163 cm³/mol. The Morgan fingerprint density at radius 2 is 1.90 bits per heavy atom. The van der Waals surface area contributed by atoms with E-state index in [0.717, 1.165) is 29.7 Å². The standard InChI is InChI=1S/C34H48N2O6/c1-8-11-12-13-20-41-32(40)27-26-30(38)36(25(21-37)22(4)10-3)29(34(26)18-17-33(27,7)42-34)31(39)35(19-9-2)28-23(5)15-14-16-24(28)6/h8-9,14-16,22,25-27,29,37H,1-2,10-13,17-21H2,3-7H3/t22-,25-,26-,27+,29?,33-,34?/m0/s1. The van der Waals surface area contributed by atoms with Gasteiger partial charge in [0, 0.05) is 12.2 Å². The lowest BCUT2D eigenvalue weighted by molar-refractivity contribution is -0.161. The third kappa shape index (κ3) is 5.21. The molecule has 8 heteroatoms. The maximum absolute atomic E-state index is 14.9. The molecule has 7 atom stereocenters. The van der Waals surface area contributed by atoms with Crippen molar-refractivity contribution < 1.29 is 29.0 Å². The molecule has 0 saturated carbocycles. The molecule has 1 N–H and O–H groups in total. The Balaban J connectivity index is 1.80. The molecular weight excluding hydrogens is 532 g/mol. The highest BCUT2D eigenvalue weighted by Gasteiger charge is 2.79. The second-order valence-corrected chi connectivity index (χ2v) is 12.5. The quantitative estimate of drug-likeness (QED) is 0.191. The minimum absolute atomic E-state index is 0.0828. The summed E-state index contributed by atoms with van der Waals surface area (Å²) in [5.74, 6) is -2.83. The first-order chi connectivity index (χ1) is 20.0. The zero-order valence-corrected chi connectivity index (χ0v) is 25.9. The number of para-hydroxylation sites is 1. The number of rotatable bonds is 14. The number of likely N-dealkylation sites (tertiary alicyclic amines) is 1. The van der Waals surface area contributed by atoms with Crippen LogP contribution < -0.4 is 4.90 Å². The number of fused-ring (bicyclic) bond motifs is 1. The number of amides is 2. The van der Waals surface area contributed by atoms with Gasteiger partial charge in [-0.15, -0.1) is 13.2 Å². The Morgan fingerprint density at radius 1 is 1.21 bits per heavy atom. The van der Waals surface area contributed by atoms with Crippen molar-refractivity contribution >= 4 is 23.5 Å². The number of ether oxygens (including phenoxy) is 2. The average Bonchev–Trinajstić information content (AvgIpc) is 3.53. The van der Waals surface area contributed by atoms with Crippen molar-refractivity contribution in [2.75, 3.05) is 24.7 Å². The van der Waals surface area contributed by atoms with Crippen molar-refractivity contribution in [3.05, 3.63) is 54.6 Å². The summed E-state index contributed by atoms with van der Waals surface area (Å²) in [5, 5.41) is 10.6. The summed E-state index contributed by atoms with van der Waals surface area (Å²) in [6, 6.07) is 4.25. The smallest absolute Gasteiger partial charge is 0.312 e. The molecule has 3 heterocycles. The number of esters is 1. The van der Waals surface area contributed by atoms with Crippen LogP contribution in [0, 0.1) is 31.6 Å². The zero-order chi connectivity index (χ0) is 30.8. The lowest BCUT2D eigenvalue weighted by Gasteiger charge is -2.41. The fraction of sp³-hybridized carbons (Fsp3) is 0.618. The lowest BCUT2D eigenvalue weighted by atomic mass is 9.66. The van der Waals surface area contributed by atoms with E-state index < -0.39 is 41.1 Å². The topological polar surface area (TPSA) is 96.4 Å². The summed E-state index contributed by atoms with van der Waals surface area (Å²) in [6.45, 7) is 17.6. The summed E-state index contributed by atoms with van der Waals surface area (Å²) >= 11 is 0. The molecule has 0 aliphatic carbocycles. The fourth-order valence-corrected chi connectivity index (χ4v) is 7.63. The highest BCUT2D eigenvalue weighted by Crippen LogP contribution is 2.64. The minimum atomic E-state index is -1.20. The zero-order valence-electron chi connectivity index (χ0n) is 25.9. The van der Waals surface area contributed by atoms with Gasteiger partial charge in [0.05, 0.1) is 30.8 Å². The average molecular weight is 581 g/mol. The van der Waals surface area contributed by atoms with Gasteiger partial charge in [0.2, 0.25) is 5.91 Å². The molecular formula is C34H48N2O6. The predicted octanol–water partition coefficient (Wildman–Crippen LogP) is 4.89. The summed E-state index contributed by atoms with van der Waals surface area (Å²) < 4.78 is 12.5. The second kappa shape index (κ2) is 12.7. The highest BCUT2D eigenvalue weighted by molar-refractivity contribution is 6.05. The molecule has 1 spiro atoms. The SMILES string of the molecule is C=CCCCCOC(=O)[C@H]1[C@H]2C(=O)N([C@@H](CO)[C@@H](C)CC)C(C(=O)N(CC=C)c3c(C)cccc3C)C23CC[C@]1(C)O3. The summed E-state index contributed by atoms with van der Waals surface area (Å²) in [5.41, 5.74) is 0.505. The van der Waals surface area contributed by atoms with Gasteiger partial charge in [-0.25, -0.2) is 0 Å². The number of carbonyl (C=O) groups excluding carboxylic acids is 3. The minimum Gasteiger partial charge on any atom is -0.465 e. The third-order valence-electron chi connectivity index (χ3n) is 9.88. The molecule has 42 heavy (non-hydrogen) atoms. The van der Waals surface area contributed by atoms with Gasteiger partial charge in [-0.05, 0) is 69.9 Å². The number of allylic oxidation sites excluding steroid dienone is 1. The molecule has 0 aromatic heterocycles. The Hall–Kier alpha value is -2.97. The highest BCUT2D eigenvalue weighted by atomic mass is 16.6. The van der Waals surface area contributed by atoms with Gasteiger partial charge < -0.3 is 24.4 Å². The van der Waals surface area contributed by atoms with Crippen molar-refractivity contribution in [3.8, 4) is 0 Å². The van der Waals surface area contributed by atoms with Gasteiger partial charge in [0.1, 0.15) is 17.6 Å². The van der Waals surface area contributed by atoms with Crippen LogP contribution in [0.25, 0.3) is 0 Å². The molecule has 2 amide bonds. The number of carbonyl (C=O) groups is 3. The van der Waals surface area contributed by atoms with Gasteiger partial charge in [-0.3, -0.25) is 14.4 Å². The first kappa shape index (κ1) is 32.0. The molecule has 230 valence electrons. The molecule has 3 fully saturated rings. The molecule has 4 rings (SSSR count). The van der Waals surface area contributed by atoms with Crippen molar-refractivity contribution in [1.29, 1.82) is 0 Å². The Bertz CT molecular complexity index is 1190. The largest absolute Gasteiger partial charge is 0.465 e. The molecule has 3 aliphatic rings. The molecule has 3 aliphatic heterocycles. The second-order valence-electron chi connectivity index (χ2n) is 12.5. The van der Waals surface area contributed by atoms with E-state index in [4.69, 9.17) is 9.47 Å². The van der Waals surface area contributed by atoms with Crippen molar-refractivity contribution in [1.82, 2.24) is 4.90 Å². The van der Waals surface area contributed by atoms with E-state index in [1.807, 2.05) is 58.9 Å². The maximum atomic E-state index is 14.9. The van der Waals surface area contributed by atoms with Crippen LogP contribution >= 0.6 is 0 Å². The van der Waals surface area contributed by atoms with E-state index in [2.05, 4.69) is 13.2 Å². The van der Waals surface area contributed by atoms with Crippen LogP contribution in [0.1, 0.15) is 70.4 Å². The van der Waals surface area contributed by atoms with E-state index in [1.54, 1.807) is 15.9 Å². The number of aryl methyl sites for hydroxylation is 2. The number of hydrogen-bond acceptors (Lipinski definition) is 6. The maximum Gasteiger partial charge on any atom is 0.312 e. The van der Waals surface area contributed by atoms with Gasteiger partial charge in [-0.2, -0.15) is 0 Å². The normalized spacial score (nSPS) is 29.2. The number of aliphatic hydroxyl groups excluding tert-OH is 1. The molecule has 3 saturated heterocycles. The molecule has 1 aromatic carbocycles. The number of nitrogens with zero attached hydrogens (tertiary/aromatic N) is 2. The fourth-order valence-electron chi connectivity index (χ4n) is 7.63. The molecule has 8 nitrogen and oxygen atoms in total. The Labute approximate surface area is 250 Å². The van der Waals surface area contributed by atoms with E-state index >= 15 is 0 Å². The van der Waals surface area contributed by atoms with E-state index in [-0.39, 0.29) is 37.5 Å². The number of hydrogen-bond donors (Lipinski definition) is 1. The monoisotopic (exact) mass is 580 g/mol. The van der Waals surface area contributed by atoms with Crippen LogP contribution in [0.3, 0.4) is 0 Å². The van der Waals surface area contributed by atoms with Crippen LogP contribution in [-0.2, 0) is 23.9 Å². The van der Waals surface area contributed by atoms with Crippen LogP contribution in [0.15, 0.2) is 43.5 Å². The lowest BCUT2D eigenvalue weighted by Crippen LogP contribution is -2.60. The molecule has 0 radical (unpaired) electrons. The van der Waals surface area contributed by atoms with Crippen LogP contribution in [0.4, 0.5) is 5.69 Å². The Kier molecular flexibility index (Phi) is 9.68. The molecule has 2 unspecified atom stereocenters. The van der Waals surface area contributed by atoms with Gasteiger partial charge in [-0.1, -0.05) is 50.6 Å². The van der Waals surface area contributed by atoms with Crippen molar-refractivity contribution in [3.63, 3.8) is 0 Å². The van der Waals surface area contributed by atoms with Gasteiger partial charge in [0.15, 0.2) is 0 Å². The van der Waals surface area contributed by atoms with Crippen LogP contribution in [-0.4, -0.2) is 70.8 Å². The number of unbranched alkanes of at least 4 members (excludes halogenated alkanes) is 2. The number of anilines is 1.